The third kappa shape index (κ3) is 5.90. The highest BCUT2D eigenvalue weighted by Gasteiger charge is 2.25. The number of nitrogens with one attached hydrogen (secondary N) is 1. The summed E-state index contributed by atoms with van der Waals surface area (Å²) in [5, 5.41) is 7.66. The van der Waals surface area contributed by atoms with Crippen molar-refractivity contribution in [2.24, 2.45) is 12.0 Å². The average molecular weight is 483 g/mol. The minimum atomic E-state index is 0. The lowest BCUT2D eigenvalue weighted by atomic mass is 10.2. The van der Waals surface area contributed by atoms with E-state index >= 15 is 0 Å². The van der Waals surface area contributed by atoms with Crippen LogP contribution in [0.4, 0.5) is 0 Å². The van der Waals surface area contributed by atoms with E-state index in [0.717, 1.165) is 31.4 Å². The summed E-state index contributed by atoms with van der Waals surface area (Å²) in [4.78, 5) is 13.4. The molecule has 1 N–H and O–H groups in total. The molecule has 2 aromatic rings. The molecule has 1 aromatic heterocycles. The molecule has 1 unspecified atom stereocenters. The number of guanidine groups is 1. The number of benzene rings is 1. The highest BCUT2D eigenvalue weighted by Crippen LogP contribution is 2.19. The number of nitrogens with zero attached hydrogens (tertiary/aromatic N) is 6. The van der Waals surface area contributed by atoms with Crippen molar-refractivity contribution in [3.63, 3.8) is 0 Å². The summed E-state index contributed by atoms with van der Waals surface area (Å²) in [7, 11) is 5.76. The van der Waals surface area contributed by atoms with Crippen LogP contribution in [0.5, 0.6) is 0 Å². The van der Waals surface area contributed by atoms with E-state index in [1.807, 2.05) is 21.1 Å². The molecule has 2 heterocycles. The first-order valence-electron chi connectivity index (χ1n) is 9.20. The van der Waals surface area contributed by atoms with E-state index in [1.165, 1.54) is 18.4 Å². The smallest absolute Gasteiger partial charge is 0.193 e. The lowest BCUT2D eigenvalue weighted by Gasteiger charge is -2.27. The Morgan fingerprint density at radius 2 is 2.11 bits per heavy atom. The second-order valence-electron chi connectivity index (χ2n) is 6.84. The van der Waals surface area contributed by atoms with Gasteiger partial charge < -0.3 is 10.2 Å². The number of hydrogen-bond donors (Lipinski definition) is 1. The summed E-state index contributed by atoms with van der Waals surface area (Å²) >= 11 is 0. The van der Waals surface area contributed by atoms with Crippen molar-refractivity contribution < 1.29 is 0 Å². The molecule has 1 atom stereocenters. The SMILES string of the molecule is CN=C(NCC1CCCN1Cc1ccccc1)N(C)Cc1ncnn1C.I. The Balaban J connectivity index is 0.00000261. The maximum Gasteiger partial charge on any atom is 0.193 e. The monoisotopic (exact) mass is 483 g/mol. The third-order valence-electron chi connectivity index (χ3n) is 4.98. The molecule has 1 saturated heterocycles. The molecule has 148 valence electrons. The van der Waals surface area contributed by atoms with Gasteiger partial charge in [0, 0.05) is 40.3 Å². The molecule has 0 spiro atoms. The molecular formula is C19H30IN7. The molecule has 0 radical (unpaired) electrons. The fourth-order valence-electron chi connectivity index (χ4n) is 3.50. The van der Waals surface area contributed by atoms with Gasteiger partial charge in [-0.05, 0) is 24.9 Å². The predicted molar refractivity (Wildman–Crippen MR) is 119 cm³/mol. The van der Waals surface area contributed by atoms with Gasteiger partial charge in [-0.25, -0.2) is 4.98 Å². The molecular weight excluding hydrogens is 453 g/mol. The van der Waals surface area contributed by atoms with Crippen molar-refractivity contribution in [1.82, 2.24) is 29.9 Å². The molecule has 1 aliphatic heterocycles. The maximum atomic E-state index is 4.42. The van der Waals surface area contributed by atoms with Crippen LogP contribution in [0, 0.1) is 0 Å². The van der Waals surface area contributed by atoms with E-state index in [-0.39, 0.29) is 24.0 Å². The molecule has 0 saturated carbocycles. The van der Waals surface area contributed by atoms with Crippen LogP contribution in [0.3, 0.4) is 0 Å². The predicted octanol–water partition coefficient (Wildman–Crippen LogP) is 2.10. The second-order valence-corrected chi connectivity index (χ2v) is 6.84. The summed E-state index contributed by atoms with van der Waals surface area (Å²) in [6.45, 7) is 3.76. The van der Waals surface area contributed by atoms with E-state index in [9.17, 15) is 0 Å². The summed E-state index contributed by atoms with van der Waals surface area (Å²) in [5.74, 6) is 1.81. The van der Waals surface area contributed by atoms with Gasteiger partial charge in [0.25, 0.3) is 0 Å². The Morgan fingerprint density at radius 3 is 2.78 bits per heavy atom. The van der Waals surface area contributed by atoms with Gasteiger partial charge in [-0.15, -0.1) is 24.0 Å². The first-order valence-corrected chi connectivity index (χ1v) is 9.20. The largest absolute Gasteiger partial charge is 0.355 e. The van der Waals surface area contributed by atoms with Crippen LogP contribution in [-0.2, 0) is 20.1 Å². The van der Waals surface area contributed by atoms with E-state index in [1.54, 1.807) is 11.0 Å². The van der Waals surface area contributed by atoms with Crippen molar-refractivity contribution in [3.8, 4) is 0 Å². The van der Waals surface area contributed by atoms with Gasteiger partial charge in [0.15, 0.2) is 5.96 Å². The second kappa shape index (κ2) is 10.6. The molecule has 7 nitrogen and oxygen atoms in total. The molecule has 27 heavy (non-hydrogen) atoms. The summed E-state index contributed by atoms with van der Waals surface area (Å²) in [5.41, 5.74) is 1.38. The van der Waals surface area contributed by atoms with Crippen LogP contribution >= 0.6 is 24.0 Å². The lowest BCUT2D eigenvalue weighted by molar-refractivity contribution is 0.243. The standard InChI is InChI=1S/C19H29N7.HI/c1-20-19(24(2)14-18-22-15-23-25(18)3)21-12-17-10-7-11-26(17)13-16-8-5-4-6-9-16;/h4-6,8-9,15,17H,7,10-14H2,1-3H3,(H,20,21);1H. The van der Waals surface area contributed by atoms with Crippen LogP contribution < -0.4 is 5.32 Å². The molecule has 8 heteroatoms. The third-order valence-corrected chi connectivity index (χ3v) is 4.98. The van der Waals surface area contributed by atoms with Crippen molar-refractivity contribution in [2.75, 3.05) is 27.2 Å². The molecule has 1 fully saturated rings. The van der Waals surface area contributed by atoms with Gasteiger partial charge in [-0.1, -0.05) is 30.3 Å². The molecule has 0 bridgehead atoms. The van der Waals surface area contributed by atoms with Gasteiger partial charge in [0.1, 0.15) is 12.2 Å². The molecule has 0 aliphatic carbocycles. The molecule has 1 aromatic carbocycles. The highest BCUT2D eigenvalue weighted by molar-refractivity contribution is 14.0. The Kier molecular flexibility index (Phi) is 8.49. The maximum absolute atomic E-state index is 4.42. The van der Waals surface area contributed by atoms with Gasteiger partial charge in [0.05, 0.1) is 6.54 Å². The van der Waals surface area contributed by atoms with Gasteiger partial charge in [-0.3, -0.25) is 14.6 Å². The number of aliphatic imine (C=N–C) groups is 1. The minimum Gasteiger partial charge on any atom is -0.355 e. The van der Waals surface area contributed by atoms with Crippen LogP contribution in [0.1, 0.15) is 24.2 Å². The first-order chi connectivity index (χ1) is 12.7. The fourth-order valence-corrected chi connectivity index (χ4v) is 3.50. The zero-order chi connectivity index (χ0) is 18.4. The van der Waals surface area contributed by atoms with Gasteiger partial charge in [0.2, 0.25) is 0 Å². The average Bonchev–Trinajstić information content (AvgIpc) is 3.26. The highest BCUT2D eigenvalue weighted by atomic mass is 127. The summed E-state index contributed by atoms with van der Waals surface area (Å²) < 4.78 is 1.79. The van der Waals surface area contributed by atoms with E-state index in [2.05, 4.69) is 60.5 Å². The fraction of sp³-hybridized carbons (Fsp3) is 0.526. The number of hydrogen-bond acceptors (Lipinski definition) is 4. The molecule has 1 aliphatic rings. The topological polar surface area (TPSA) is 61.6 Å². The minimum absolute atomic E-state index is 0. The van der Waals surface area contributed by atoms with Gasteiger partial charge in [-0.2, -0.15) is 5.10 Å². The Labute approximate surface area is 178 Å². The van der Waals surface area contributed by atoms with Crippen LogP contribution in [0.25, 0.3) is 0 Å². The number of rotatable bonds is 6. The van der Waals surface area contributed by atoms with Crippen molar-refractivity contribution in [1.29, 1.82) is 0 Å². The quantitative estimate of drug-likeness (QED) is 0.388. The van der Waals surface area contributed by atoms with Crippen molar-refractivity contribution >= 4 is 29.9 Å². The van der Waals surface area contributed by atoms with Crippen LogP contribution in [-0.4, -0.2) is 63.8 Å². The zero-order valence-electron chi connectivity index (χ0n) is 16.4. The number of likely N-dealkylation sites (tertiary alicyclic amines) is 1. The summed E-state index contributed by atoms with van der Waals surface area (Å²) in [6, 6.07) is 11.2. The normalized spacial score (nSPS) is 17.6. The number of aryl methyl sites for hydroxylation is 1. The zero-order valence-corrected chi connectivity index (χ0v) is 18.7. The van der Waals surface area contributed by atoms with E-state index < -0.39 is 0 Å². The van der Waals surface area contributed by atoms with E-state index in [4.69, 9.17) is 0 Å². The molecule has 0 amide bonds. The Morgan fingerprint density at radius 1 is 1.33 bits per heavy atom. The lowest BCUT2D eigenvalue weighted by Crippen LogP contribution is -2.45. The van der Waals surface area contributed by atoms with E-state index in [0.29, 0.717) is 12.6 Å². The summed E-state index contributed by atoms with van der Waals surface area (Å²) in [6.07, 6.45) is 4.07. The Bertz CT molecular complexity index is 716. The van der Waals surface area contributed by atoms with Gasteiger partial charge >= 0.3 is 0 Å². The Hall–Kier alpha value is -1.68. The van der Waals surface area contributed by atoms with Crippen molar-refractivity contribution in [2.45, 2.75) is 32.0 Å². The first kappa shape index (κ1) is 21.6. The van der Waals surface area contributed by atoms with Crippen molar-refractivity contribution in [3.05, 3.63) is 48.0 Å². The van der Waals surface area contributed by atoms with Crippen LogP contribution in [0.15, 0.2) is 41.7 Å². The van der Waals surface area contributed by atoms with Crippen LogP contribution in [0.2, 0.25) is 0 Å². The number of halogens is 1. The number of aromatic nitrogens is 3. The molecule has 3 rings (SSSR count).